The number of carbonyl (C=O) groups is 2. The van der Waals surface area contributed by atoms with E-state index in [0.717, 1.165) is 34.7 Å². The first kappa shape index (κ1) is 26.8. The van der Waals surface area contributed by atoms with Crippen LogP contribution in [0.15, 0.2) is 60.9 Å². The highest BCUT2D eigenvalue weighted by Gasteiger charge is 2.24. The maximum absolute atomic E-state index is 13.7. The molecule has 0 saturated carbocycles. The Hall–Kier alpha value is -4.77. The first-order valence-electron chi connectivity index (χ1n) is 12.8. The van der Waals surface area contributed by atoms with Gasteiger partial charge in [0, 0.05) is 31.0 Å². The van der Waals surface area contributed by atoms with Crippen LogP contribution in [-0.2, 0) is 11.3 Å². The molecular formula is C29H29FN6O4. The summed E-state index contributed by atoms with van der Waals surface area (Å²) in [5.74, 6) is -0.210. The first-order valence-corrected chi connectivity index (χ1v) is 12.8. The molecule has 3 heterocycles. The summed E-state index contributed by atoms with van der Waals surface area (Å²) in [6, 6.07) is 13.1. The summed E-state index contributed by atoms with van der Waals surface area (Å²) in [7, 11) is 1.42. The number of ether oxygens (including phenoxy) is 1. The molecule has 4 aromatic rings. The number of rotatable bonds is 7. The number of nitrogens with two attached hydrogens (primary N) is 1. The Morgan fingerprint density at radius 1 is 1.20 bits per heavy atom. The summed E-state index contributed by atoms with van der Waals surface area (Å²) in [5, 5.41) is 12.6. The summed E-state index contributed by atoms with van der Waals surface area (Å²) in [6.07, 6.45) is 3.72. The van der Waals surface area contributed by atoms with Gasteiger partial charge >= 0.3 is 0 Å². The number of aliphatic hydroxyl groups excluding tert-OH is 1. The van der Waals surface area contributed by atoms with Crippen molar-refractivity contribution in [1.82, 2.24) is 24.6 Å². The number of benzene rings is 2. The van der Waals surface area contributed by atoms with Crippen LogP contribution in [0.2, 0.25) is 0 Å². The number of aromatic nitrogens is 3. The number of nitrogens with one attached hydrogen (secondary N) is 1. The fourth-order valence-electron chi connectivity index (χ4n) is 4.75. The number of hydrogen-bond acceptors (Lipinski definition) is 7. The Labute approximate surface area is 229 Å². The number of fused-ring (bicyclic) bond motifs is 1. The summed E-state index contributed by atoms with van der Waals surface area (Å²) in [4.78, 5) is 35.7. The van der Waals surface area contributed by atoms with E-state index in [9.17, 15) is 19.1 Å². The molecule has 10 nitrogen and oxygen atoms in total. The zero-order chi connectivity index (χ0) is 28.4. The van der Waals surface area contributed by atoms with Gasteiger partial charge < -0.3 is 25.8 Å². The van der Waals surface area contributed by atoms with Gasteiger partial charge in [-0.05, 0) is 55.2 Å². The number of imidazole rings is 1. The molecule has 2 amide bonds. The lowest BCUT2D eigenvalue weighted by molar-refractivity contribution is -0.136. The van der Waals surface area contributed by atoms with Crippen LogP contribution in [0.3, 0.4) is 0 Å². The van der Waals surface area contributed by atoms with Crippen LogP contribution in [0, 0.1) is 5.82 Å². The molecule has 2 aromatic heterocycles. The minimum absolute atomic E-state index is 0.115. The van der Waals surface area contributed by atoms with E-state index < -0.39 is 17.8 Å². The number of aliphatic hydroxyl groups is 1. The van der Waals surface area contributed by atoms with Crippen molar-refractivity contribution in [3.8, 4) is 17.1 Å². The lowest BCUT2D eigenvalue weighted by Crippen LogP contribution is -2.36. The second kappa shape index (κ2) is 11.1. The topological polar surface area (TPSA) is 135 Å². The number of carbonyl (C=O) groups excluding carboxylic acids is 2. The SMILES string of the molecule is COc1ccc(F)cc1C(=O)NCc1ccc(-c2nc(C3=CN(C(=O)[C@@H](C)O)CCC3)c3ccnc(N)n23)cc1. The Morgan fingerprint density at radius 2 is 1.98 bits per heavy atom. The largest absolute Gasteiger partial charge is 0.496 e. The molecule has 2 aromatic carbocycles. The molecule has 0 bridgehead atoms. The lowest BCUT2D eigenvalue weighted by atomic mass is 10.0. The zero-order valence-corrected chi connectivity index (χ0v) is 22.1. The van der Waals surface area contributed by atoms with Crippen LogP contribution in [0.4, 0.5) is 10.3 Å². The number of nitrogen functional groups attached to an aromatic ring is 1. The van der Waals surface area contributed by atoms with Crippen molar-refractivity contribution in [3.05, 3.63) is 83.6 Å². The number of amides is 2. The van der Waals surface area contributed by atoms with Crippen LogP contribution >= 0.6 is 0 Å². The zero-order valence-electron chi connectivity index (χ0n) is 22.1. The predicted octanol–water partition coefficient (Wildman–Crippen LogP) is 3.40. The van der Waals surface area contributed by atoms with Crippen molar-refractivity contribution in [2.24, 2.45) is 0 Å². The van der Waals surface area contributed by atoms with Crippen LogP contribution in [0.25, 0.3) is 22.5 Å². The van der Waals surface area contributed by atoms with Gasteiger partial charge in [0.25, 0.3) is 11.8 Å². The summed E-state index contributed by atoms with van der Waals surface area (Å²) < 4.78 is 20.6. The summed E-state index contributed by atoms with van der Waals surface area (Å²) >= 11 is 0. The molecule has 206 valence electrons. The number of hydrogen-bond donors (Lipinski definition) is 3. The van der Waals surface area contributed by atoms with Gasteiger partial charge in [0.15, 0.2) is 0 Å². The number of halogens is 1. The molecule has 0 spiro atoms. The van der Waals surface area contributed by atoms with Gasteiger partial charge in [0.05, 0.1) is 23.9 Å². The van der Waals surface area contributed by atoms with E-state index in [-0.39, 0.29) is 29.7 Å². The van der Waals surface area contributed by atoms with E-state index in [2.05, 4.69) is 10.3 Å². The average molecular weight is 545 g/mol. The average Bonchev–Trinajstić information content (AvgIpc) is 3.37. The van der Waals surface area contributed by atoms with Crippen LogP contribution in [0.1, 0.15) is 41.4 Å². The number of anilines is 1. The van der Waals surface area contributed by atoms with Crippen molar-refractivity contribution >= 4 is 28.9 Å². The van der Waals surface area contributed by atoms with Gasteiger partial charge in [0.2, 0.25) is 5.95 Å². The molecule has 1 atom stereocenters. The normalized spacial score (nSPS) is 14.1. The highest BCUT2D eigenvalue weighted by atomic mass is 19.1. The van der Waals surface area contributed by atoms with Crippen LogP contribution in [0.5, 0.6) is 5.75 Å². The van der Waals surface area contributed by atoms with Crippen molar-refractivity contribution in [2.75, 3.05) is 19.4 Å². The molecule has 40 heavy (non-hydrogen) atoms. The third-order valence-corrected chi connectivity index (χ3v) is 6.75. The van der Waals surface area contributed by atoms with E-state index in [1.807, 2.05) is 30.3 Å². The molecule has 0 radical (unpaired) electrons. The highest BCUT2D eigenvalue weighted by Crippen LogP contribution is 2.32. The molecule has 5 rings (SSSR count). The van der Waals surface area contributed by atoms with E-state index in [1.165, 1.54) is 31.1 Å². The molecule has 1 aliphatic rings. The van der Waals surface area contributed by atoms with Crippen molar-refractivity contribution in [2.45, 2.75) is 32.4 Å². The number of allylic oxidation sites excluding steroid dienone is 1. The molecule has 0 aliphatic carbocycles. The molecule has 0 saturated heterocycles. The van der Waals surface area contributed by atoms with Crippen molar-refractivity contribution < 1.29 is 23.8 Å². The summed E-state index contributed by atoms with van der Waals surface area (Å²) in [6.45, 7) is 2.20. The predicted molar refractivity (Wildman–Crippen MR) is 148 cm³/mol. The highest BCUT2D eigenvalue weighted by molar-refractivity contribution is 5.97. The number of nitrogens with zero attached hydrogens (tertiary/aromatic N) is 4. The molecule has 11 heteroatoms. The maximum atomic E-state index is 13.7. The fraction of sp³-hybridized carbons (Fsp3) is 0.241. The second-order valence-electron chi connectivity index (χ2n) is 9.50. The van der Waals surface area contributed by atoms with Crippen molar-refractivity contribution in [3.63, 3.8) is 0 Å². The Kier molecular flexibility index (Phi) is 7.47. The third-order valence-electron chi connectivity index (χ3n) is 6.75. The molecular weight excluding hydrogens is 515 g/mol. The minimum atomic E-state index is -1.09. The van der Waals surface area contributed by atoms with Crippen molar-refractivity contribution in [1.29, 1.82) is 0 Å². The fourth-order valence-corrected chi connectivity index (χ4v) is 4.75. The van der Waals surface area contributed by atoms with Gasteiger partial charge in [-0.15, -0.1) is 0 Å². The minimum Gasteiger partial charge on any atom is -0.496 e. The van der Waals surface area contributed by atoms with Gasteiger partial charge in [-0.25, -0.2) is 14.4 Å². The van der Waals surface area contributed by atoms with Gasteiger partial charge in [-0.2, -0.15) is 0 Å². The molecule has 0 unspecified atom stereocenters. The maximum Gasteiger partial charge on any atom is 0.255 e. The standard InChI is InChI=1S/C29H29FN6O4/c1-17(37)28(39)35-13-3-4-20(16-35)25-23-11-12-32-29(31)36(23)26(34-25)19-7-5-18(6-8-19)15-33-27(38)22-14-21(30)9-10-24(22)40-2/h5-12,14,16-17,37H,3-4,13,15H2,1-2H3,(H2,31,32)(H,33,38)/t17-/m1/s1. The van der Waals surface area contributed by atoms with E-state index >= 15 is 0 Å². The lowest BCUT2D eigenvalue weighted by Gasteiger charge is -2.25. The Morgan fingerprint density at radius 3 is 2.70 bits per heavy atom. The number of methoxy groups -OCH3 is 1. The van der Waals surface area contributed by atoms with Crippen LogP contribution in [-0.4, -0.2) is 55.9 Å². The third kappa shape index (κ3) is 5.23. The van der Waals surface area contributed by atoms with Gasteiger partial charge in [-0.3, -0.25) is 14.0 Å². The van der Waals surface area contributed by atoms with Crippen LogP contribution < -0.4 is 15.8 Å². The van der Waals surface area contributed by atoms with E-state index in [1.54, 1.807) is 16.8 Å². The van der Waals surface area contributed by atoms with Gasteiger partial charge in [0.1, 0.15) is 23.5 Å². The van der Waals surface area contributed by atoms with E-state index in [4.69, 9.17) is 15.5 Å². The monoisotopic (exact) mass is 544 g/mol. The Balaban J connectivity index is 1.41. The van der Waals surface area contributed by atoms with Gasteiger partial charge in [-0.1, -0.05) is 24.3 Å². The quantitative estimate of drug-likeness (QED) is 0.325. The van der Waals surface area contributed by atoms with E-state index in [0.29, 0.717) is 24.5 Å². The summed E-state index contributed by atoms with van der Waals surface area (Å²) in [5.41, 5.74) is 10.3. The molecule has 4 N–H and O–H groups in total. The molecule has 1 aliphatic heterocycles. The molecule has 0 fully saturated rings. The first-order chi connectivity index (χ1) is 19.3. The second-order valence-corrected chi connectivity index (χ2v) is 9.50. The Bertz CT molecular complexity index is 1610. The smallest absolute Gasteiger partial charge is 0.255 e.